The quantitative estimate of drug-likeness (QED) is 0.583. The maximum absolute atomic E-state index is 11.5. The summed E-state index contributed by atoms with van der Waals surface area (Å²) in [5, 5.41) is 14.8. The summed E-state index contributed by atoms with van der Waals surface area (Å²) in [6.45, 7) is 3.42. The van der Waals surface area contributed by atoms with Crippen molar-refractivity contribution in [3.05, 3.63) is 30.1 Å². The number of aliphatic hydroxyl groups is 1. The second-order valence-electron chi connectivity index (χ2n) is 3.54. The zero-order chi connectivity index (χ0) is 11.8. The van der Waals surface area contributed by atoms with Crippen LogP contribution in [0, 0.1) is 0 Å². The van der Waals surface area contributed by atoms with Gasteiger partial charge in [-0.25, -0.2) is 0 Å². The van der Waals surface area contributed by atoms with Gasteiger partial charge in [0.1, 0.15) is 0 Å². The normalized spacial score (nSPS) is 12.1. The van der Waals surface area contributed by atoms with E-state index in [1.165, 1.54) is 0 Å². The van der Waals surface area contributed by atoms with Gasteiger partial charge in [-0.05, 0) is 19.1 Å². The minimum atomic E-state index is -0.365. The molecule has 0 saturated carbocycles. The number of pyridine rings is 1. The van der Waals surface area contributed by atoms with Crippen molar-refractivity contribution in [3.63, 3.8) is 0 Å². The first-order valence-corrected chi connectivity index (χ1v) is 5.27. The Hall–Kier alpha value is -1.46. The fraction of sp³-hybridized carbons (Fsp3) is 0.455. The number of rotatable bonds is 6. The lowest BCUT2D eigenvalue weighted by Gasteiger charge is -2.07. The molecule has 0 spiro atoms. The summed E-state index contributed by atoms with van der Waals surface area (Å²) in [7, 11) is 0. The van der Waals surface area contributed by atoms with E-state index in [9.17, 15) is 4.79 Å². The third-order valence-corrected chi connectivity index (χ3v) is 1.97. The van der Waals surface area contributed by atoms with Crippen LogP contribution in [0.1, 0.15) is 17.3 Å². The summed E-state index contributed by atoms with van der Waals surface area (Å²) in [6.07, 6.45) is 2.80. The third kappa shape index (κ3) is 4.86. The molecule has 5 heteroatoms. The summed E-state index contributed by atoms with van der Waals surface area (Å²) in [4.78, 5) is 15.4. The molecule has 1 unspecified atom stereocenters. The first-order valence-electron chi connectivity index (χ1n) is 5.27. The van der Waals surface area contributed by atoms with E-state index in [-0.39, 0.29) is 12.0 Å². The first kappa shape index (κ1) is 12.6. The number of carbonyl (C=O) groups excluding carboxylic acids is 1. The van der Waals surface area contributed by atoms with Gasteiger partial charge in [-0.15, -0.1) is 0 Å². The number of nitrogens with one attached hydrogen (secondary N) is 2. The third-order valence-electron chi connectivity index (χ3n) is 1.97. The van der Waals surface area contributed by atoms with E-state index < -0.39 is 0 Å². The van der Waals surface area contributed by atoms with Gasteiger partial charge in [0.2, 0.25) is 0 Å². The molecule has 0 bridgehead atoms. The lowest BCUT2D eigenvalue weighted by Crippen LogP contribution is -2.34. The van der Waals surface area contributed by atoms with Crippen LogP contribution in [0.2, 0.25) is 0 Å². The summed E-state index contributed by atoms with van der Waals surface area (Å²) < 4.78 is 0. The molecule has 88 valence electrons. The average Bonchev–Trinajstić information content (AvgIpc) is 2.29. The van der Waals surface area contributed by atoms with Gasteiger partial charge in [-0.3, -0.25) is 9.78 Å². The number of hydrogen-bond acceptors (Lipinski definition) is 4. The minimum absolute atomic E-state index is 0.110. The van der Waals surface area contributed by atoms with Gasteiger partial charge in [-0.2, -0.15) is 0 Å². The van der Waals surface area contributed by atoms with Gasteiger partial charge in [0.05, 0.1) is 6.10 Å². The van der Waals surface area contributed by atoms with Crippen LogP contribution < -0.4 is 10.6 Å². The first-order chi connectivity index (χ1) is 7.70. The fourth-order valence-corrected chi connectivity index (χ4v) is 1.18. The van der Waals surface area contributed by atoms with Gasteiger partial charge < -0.3 is 15.7 Å². The van der Waals surface area contributed by atoms with E-state index >= 15 is 0 Å². The van der Waals surface area contributed by atoms with Crippen LogP contribution in [0.5, 0.6) is 0 Å². The molecule has 0 radical (unpaired) electrons. The topological polar surface area (TPSA) is 74.2 Å². The smallest absolute Gasteiger partial charge is 0.251 e. The van der Waals surface area contributed by atoms with Crippen molar-refractivity contribution in [1.82, 2.24) is 15.6 Å². The maximum atomic E-state index is 11.5. The van der Waals surface area contributed by atoms with E-state index in [0.717, 1.165) is 0 Å². The number of nitrogens with zero attached hydrogens (tertiary/aromatic N) is 1. The zero-order valence-electron chi connectivity index (χ0n) is 9.31. The van der Waals surface area contributed by atoms with Gasteiger partial charge >= 0.3 is 0 Å². The van der Waals surface area contributed by atoms with Crippen molar-refractivity contribution in [2.24, 2.45) is 0 Å². The molecular formula is C11H17N3O2. The summed E-state index contributed by atoms with van der Waals surface area (Å²) in [5.41, 5.74) is 0.602. The number of aromatic nitrogens is 1. The fourth-order valence-electron chi connectivity index (χ4n) is 1.18. The maximum Gasteiger partial charge on any atom is 0.251 e. The predicted molar refractivity (Wildman–Crippen MR) is 61.1 cm³/mol. The standard InChI is InChI=1S/C11H17N3O2/c1-9(15)8-13-6-7-14-11(16)10-2-4-12-5-3-10/h2-5,9,13,15H,6-8H2,1H3,(H,14,16). The molecule has 1 aromatic heterocycles. The van der Waals surface area contributed by atoms with Crippen molar-refractivity contribution in [2.75, 3.05) is 19.6 Å². The van der Waals surface area contributed by atoms with Gasteiger partial charge in [0.15, 0.2) is 0 Å². The molecule has 0 aliphatic rings. The predicted octanol–water partition coefficient (Wildman–Crippen LogP) is -0.218. The SMILES string of the molecule is CC(O)CNCCNC(=O)c1ccncc1. The highest BCUT2D eigenvalue weighted by atomic mass is 16.3. The molecule has 1 heterocycles. The average molecular weight is 223 g/mol. The Morgan fingerprint density at radius 2 is 2.12 bits per heavy atom. The molecule has 0 aliphatic heterocycles. The molecule has 1 aromatic rings. The Bertz CT molecular complexity index is 314. The summed E-state index contributed by atoms with van der Waals surface area (Å²) in [6, 6.07) is 3.33. The van der Waals surface area contributed by atoms with Crippen molar-refractivity contribution in [3.8, 4) is 0 Å². The van der Waals surface area contributed by atoms with Gasteiger partial charge in [0, 0.05) is 37.6 Å². The molecule has 5 nitrogen and oxygen atoms in total. The lowest BCUT2D eigenvalue weighted by atomic mass is 10.2. The lowest BCUT2D eigenvalue weighted by molar-refractivity contribution is 0.0953. The Kier molecular flexibility index (Phi) is 5.45. The molecule has 0 fully saturated rings. The molecule has 16 heavy (non-hydrogen) atoms. The monoisotopic (exact) mass is 223 g/mol. The van der Waals surface area contributed by atoms with Crippen LogP contribution in [0.3, 0.4) is 0 Å². The minimum Gasteiger partial charge on any atom is -0.392 e. The number of amides is 1. The molecule has 0 saturated heterocycles. The number of hydrogen-bond donors (Lipinski definition) is 3. The molecule has 0 aliphatic carbocycles. The Morgan fingerprint density at radius 3 is 2.75 bits per heavy atom. The zero-order valence-corrected chi connectivity index (χ0v) is 9.31. The Morgan fingerprint density at radius 1 is 1.44 bits per heavy atom. The van der Waals surface area contributed by atoms with Crippen LogP contribution in [0.4, 0.5) is 0 Å². The van der Waals surface area contributed by atoms with Crippen molar-refractivity contribution in [2.45, 2.75) is 13.0 Å². The number of carbonyl (C=O) groups is 1. The summed E-state index contributed by atoms with van der Waals surface area (Å²) >= 11 is 0. The molecule has 3 N–H and O–H groups in total. The van der Waals surface area contributed by atoms with Gasteiger partial charge in [0.25, 0.3) is 5.91 Å². The highest BCUT2D eigenvalue weighted by Gasteiger charge is 2.02. The Balaban J connectivity index is 2.16. The molecule has 1 amide bonds. The highest BCUT2D eigenvalue weighted by Crippen LogP contribution is 1.94. The van der Waals surface area contributed by atoms with Crippen LogP contribution in [0.15, 0.2) is 24.5 Å². The van der Waals surface area contributed by atoms with E-state index in [2.05, 4.69) is 15.6 Å². The highest BCUT2D eigenvalue weighted by molar-refractivity contribution is 5.93. The van der Waals surface area contributed by atoms with Gasteiger partial charge in [-0.1, -0.05) is 0 Å². The van der Waals surface area contributed by atoms with E-state index in [0.29, 0.717) is 25.2 Å². The van der Waals surface area contributed by atoms with Crippen LogP contribution >= 0.6 is 0 Å². The summed E-state index contributed by atoms with van der Waals surface area (Å²) in [5.74, 6) is -0.110. The molecular weight excluding hydrogens is 206 g/mol. The van der Waals surface area contributed by atoms with Crippen LogP contribution in [0.25, 0.3) is 0 Å². The van der Waals surface area contributed by atoms with Crippen LogP contribution in [-0.2, 0) is 0 Å². The molecule has 1 rings (SSSR count). The van der Waals surface area contributed by atoms with Crippen molar-refractivity contribution in [1.29, 1.82) is 0 Å². The molecule has 1 atom stereocenters. The van der Waals surface area contributed by atoms with Crippen molar-refractivity contribution < 1.29 is 9.90 Å². The van der Waals surface area contributed by atoms with E-state index in [1.807, 2.05) is 0 Å². The largest absolute Gasteiger partial charge is 0.392 e. The second-order valence-corrected chi connectivity index (χ2v) is 3.54. The second kappa shape index (κ2) is 6.92. The van der Waals surface area contributed by atoms with Crippen LogP contribution in [-0.4, -0.2) is 41.7 Å². The molecule has 0 aromatic carbocycles. The Labute approximate surface area is 94.9 Å². The number of aliphatic hydroxyl groups excluding tert-OH is 1. The van der Waals surface area contributed by atoms with E-state index in [1.54, 1.807) is 31.5 Å². The van der Waals surface area contributed by atoms with Crippen molar-refractivity contribution >= 4 is 5.91 Å². The van der Waals surface area contributed by atoms with E-state index in [4.69, 9.17) is 5.11 Å².